The Morgan fingerprint density at radius 1 is 0.783 bits per heavy atom. The molecular formula is C33H36F6N6O. The quantitative estimate of drug-likeness (QED) is 0.324. The second kappa shape index (κ2) is 13.2. The number of anilines is 1. The smallest absolute Gasteiger partial charge is 0.354 e. The van der Waals surface area contributed by atoms with Crippen LogP contribution in [0.3, 0.4) is 0 Å². The zero-order chi connectivity index (χ0) is 32.5. The van der Waals surface area contributed by atoms with Crippen LogP contribution in [0.5, 0.6) is 0 Å². The summed E-state index contributed by atoms with van der Waals surface area (Å²) >= 11 is 0. The molecule has 7 nitrogen and oxygen atoms in total. The van der Waals surface area contributed by atoms with Gasteiger partial charge in [-0.1, -0.05) is 30.3 Å². The van der Waals surface area contributed by atoms with Crippen molar-refractivity contribution in [1.29, 1.82) is 0 Å². The summed E-state index contributed by atoms with van der Waals surface area (Å²) in [7, 11) is 0. The molecule has 3 unspecified atom stereocenters. The molecule has 2 aromatic carbocycles. The number of hydrogen-bond donors (Lipinski definition) is 0. The molecule has 0 saturated carbocycles. The predicted octanol–water partition coefficient (Wildman–Crippen LogP) is 5.63. The van der Waals surface area contributed by atoms with Gasteiger partial charge in [0.25, 0.3) is 5.91 Å². The highest BCUT2D eigenvalue weighted by molar-refractivity contribution is 5.95. The number of aromatic nitrogens is 2. The van der Waals surface area contributed by atoms with Gasteiger partial charge in [-0.05, 0) is 49.4 Å². The van der Waals surface area contributed by atoms with Gasteiger partial charge >= 0.3 is 12.4 Å². The van der Waals surface area contributed by atoms with E-state index >= 15 is 0 Å². The molecule has 3 aliphatic rings. The molecule has 246 valence electrons. The summed E-state index contributed by atoms with van der Waals surface area (Å²) in [4.78, 5) is 31.0. The van der Waals surface area contributed by atoms with E-state index in [1.807, 2.05) is 30.3 Å². The van der Waals surface area contributed by atoms with Crippen molar-refractivity contribution in [2.75, 3.05) is 50.7 Å². The highest BCUT2D eigenvalue weighted by Gasteiger charge is 2.40. The molecule has 0 radical (unpaired) electrons. The molecule has 0 N–H and O–H groups in total. The Kier molecular flexibility index (Phi) is 9.24. The average Bonchev–Trinajstić information content (AvgIpc) is 3.55. The number of halogens is 6. The van der Waals surface area contributed by atoms with Crippen LogP contribution in [0.25, 0.3) is 0 Å². The molecule has 46 heavy (non-hydrogen) atoms. The average molecular weight is 647 g/mol. The second-order valence-corrected chi connectivity index (χ2v) is 12.3. The van der Waals surface area contributed by atoms with Crippen molar-refractivity contribution in [1.82, 2.24) is 24.7 Å². The molecule has 0 spiro atoms. The summed E-state index contributed by atoms with van der Waals surface area (Å²) in [5.74, 6) is 0.0730. The molecule has 13 heteroatoms. The van der Waals surface area contributed by atoms with E-state index in [2.05, 4.69) is 24.7 Å². The van der Waals surface area contributed by atoms with E-state index in [1.165, 1.54) is 4.90 Å². The Hall–Kier alpha value is -3.71. The monoisotopic (exact) mass is 646 g/mol. The van der Waals surface area contributed by atoms with Gasteiger partial charge in [-0.2, -0.15) is 26.3 Å². The van der Waals surface area contributed by atoms with Gasteiger partial charge in [0.2, 0.25) is 0 Å². The summed E-state index contributed by atoms with van der Waals surface area (Å²) < 4.78 is 81.5. The van der Waals surface area contributed by atoms with Gasteiger partial charge < -0.3 is 9.80 Å². The van der Waals surface area contributed by atoms with Gasteiger partial charge in [-0.25, -0.2) is 4.98 Å². The fourth-order valence-electron chi connectivity index (χ4n) is 7.12. The fourth-order valence-corrected chi connectivity index (χ4v) is 7.12. The number of hydrogen-bond acceptors (Lipinski definition) is 6. The van der Waals surface area contributed by atoms with Crippen LogP contribution in [-0.4, -0.2) is 94.5 Å². The highest BCUT2D eigenvalue weighted by atomic mass is 19.4. The summed E-state index contributed by atoms with van der Waals surface area (Å²) in [6, 6.07) is 10.8. The van der Waals surface area contributed by atoms with Gasteiger partial charge in [0.1, 0.15) is 5.82 Å². The number of piperidine rings is 1. The number of alkyl halides is 6. The summed E-state index contributed by atoms with van der Waals surface area (Å²) in [5.41, 5.74) is -2.62. The van der Waals surface area contributed by atoms with E-state index in [9.17, 15) is 31.1 Å². The summed E-state index contributed by atoms with van der Waals surface area (Å²) in [5, 5.41) is 0. The number of piperazine rings is 1. The third kappa shape index (κ3) is 7.30. The number of nitrogens with zero attached hydrogens (tertiary/aromatic N) is 6. The lowest BCUT2D eigenvalue weighted by atomic mass is 9.90. The minimum atomic E-state index is -5.03. The maximum Gasteiger partial charge on any atom is 0.416 e. The first-order valence-corrected chi connectivity index (χ1v) is 15.6. The largest absolute Gasteiger partial charge is 0.416 e. The maximum absolute atomic E-state index is 13.7. The Labute approximate surface area is 263 Å². The van der Waals surface area contributed by atoms with Crippen molar-refractivity contribution in [2.24, 2.45) is 0 Å². The molecule has 3 fully saturated rings. The number of benzene rings is 2. The SMILES string of the molecule is O=C(c1cc(C(F)(F)F)cc(C(F)(F)F)c1)N1CCC(N2CCN(C3CCN(c4cnccn4)C3)CC2)CC1Cc1ccccc1. The van der Waals surface area contributed by atoms with Gasteiger partial charge in [-0.15, -0.1) is 0 Å². The molecule has 3 atom stereocenters. The standard InChI is InChI=1S/C33H36F6N6O/c34-32(35,36)25-17-24(18-26(19-25)33(37,38)39)31(46)45-11-7-27(20-29(45)16-23-4-2-1-3-5-23)42-12-14-43(15-13-42)28-6-10-44(22-28)30-21-40-8-9-41-30/h1-5,8-9,17-19,21,27-29H,6-7,10-16,20,22H2. The first-order valence-electron chi connectivity index (χ1n) is 15.6. The molecule has 0 bridgehead atoms. The highest BCUT2D eigenvalue weighted by Crippen LogP contribution is 2.37. The number of carbonyl (C=O) groups is 1. The van der Waals surface area contributed by atoms with Crippen molar-refractivity contribution in [3.63, 3.8) is 0 Å². The lowest BCUT2D eigenvalue weighted by molar-refractivity contribution is -0.143. The normalized spacial score (nSPS) is 23.6. The van der Waals surface area contributed by atoms with Crippen molar-refractivity contribution in [2.45, 2.75) is 56.2 Å². The van der Waals surface area contributed by atoms with Crippen LogP contribution >= 0.6 is 0 Å². The van der Waals surface area contributed by atoms with E-state index in [-0.39, 0.29) is 24.7 Å². The summed E-state index contributed by atoms with van der Waals surface area (Å²) in [6.07, 6.45) is -2.24. The van der Waals surface area contributed by atoms with Crippen LogP contribution in [0.1, 0.15) is 46.3 Å². The van der Waals surface area contributed by atoms with Crippen molar-refractivity contribution < 1.29 is 31.1 Å². The molecular weight excluding hydrogens is 610 g/mol. The van der Waals surface area contributed by atoms with Crippen molar-refractivity contribution >= 4 is 11.7 Å². The molecule has 1 amide bonds. The molecule has 3 aliphatic heterocycles. The number of rotatable bonds is 6. The zero-order valence-electron chi connectivity index (χ0n) is 25.2. The number of amides is 1. The first-order chi connectivity index (χ1) is 22.0. The topological polar surface area (TPSA) is 55.8 Å². The van der Waals surface area contributed by atoms with E-state index < -0.39 is 35.0 Å². The Bertz CT molecular complexity index is 1450. The minimum Gasteiger partial charge on any atom is -0.354 e. The van der Waals surface area contributed by atoms with E-state index in [0.717, 1.165) is 57.1 Å². The fraction of sp³-hybridized carbons (Fsp3) is 0.485. The van der Waals surface area contributed by atoms with E-state index in [0.29, 0.717) is 37.4 Å². The Morgan fingerprint density at radius 2 is 1.41 bits per heavy atom. The molecule has 3 aromatic rings. The Balaban J connectivity index is 1.15. The minimum absolute atomic E-state index is 0.0585. The summed E-state index contributed by atoms with van der Waals surface area (Å²) in [6.45, 7) is 5.55. The van der Waals surface area contributed by atoms with Crippen LogP contribution in [0.15, 0.2) is 67.1 Å². The lowest BCUT2D eigenvalue weighted by Crippen LogP contribution is -2.58. The predicted molar refractivity (Wildman–Crippen MR) is 160 cm³/mol. The number of likely N-dealkylation sites (tertiary alicyclic amines) is 1. The van der Waals surface area contributed by atoms with Gasteiger partial charge in [0, 0.05) is 81.9 Å². The molecule has 0 aliphatic carbocycles. The number of carbonyl (C=O) groups excluding carboxylic acids is 1. The van der Waals surface area contributed by atoms with Crippen LogP contribution in [-0.2, 0) is 18.8 Å². The lowest BCUT2D eigenvalue weighted by Gasteiger charge is -2.47. The zero-order valence-corrected chi connectivity index (χ0v) is 25.2. The second-order valence-electron chi connectivity index (χ2n) is 12.3. The van der Waals surface area contributed by atoms with Crippen molar-refractivity contribution in [3.8, 4) is 0 Å². The molecule has 4 heterocycles. The molecule has 3 saturated heterocycles. The third-order valence-electron chi connectivity index (χ3n) is 9.52. The third-order valence-corrected chi connectivity index (χ3v) is 9.52. The van der Waals surface area contributed by atoms with Crippen LogP contribution in [0.4, 0.5) is 32.2 Å². The van der Waals surface area contributed by atoms with E-state index in [1.54, 1.807) is 18.6 Å². The van der Waals surface area contributed by atoms with E-state index in [4.69, 9.17) is 0 Å². The first kappa shape index (κ1) is 32.2. The van der Waals surface area contributed by atoms with Crippen LogP contribution < -0.4 is 4.90 Å². The van der Waals surface area contributed by atoms with Gasteiger partial charge in [0.05, 0.1) is 17.3 Å². The van der Waals surface area contributed by atoms with Crippen LogP contribution in [0, 0.1) is 0 Å². The molecule has 1 aromatic heterocycles. The molecule has 6 rings (SSSR count). The van der Waals surface area contributed by atoms with Gasteiger partial charge in [-0.3, -0.25) is 19.6 Å². The maximum atomic E-state index is 13.7. The Morgan fingerprint density at radius 3 is 2.02 bits per heavy atom. The van der Waals surface area contributed by atoms with Gasteiger partial charge in [0.15, 0.2) is 0 Å². The van der Waals surface area contributed by atoms with Crippen LogP contribution in [0.2, 0.25) is 0 Å². The van der Waals surface area contributed by atoms with Crippen molar-refractivity contribution in [3.05, 3.63) is 89.4 Å².